The molecule has 1 nitrogen and oxygen atoms in total. The Morgan fingerprint density at radius 1 is 0.875 bits per heavy atom. The zero-order valence-corrected chi connectivity index (χ0v) is 11.3. The molecule has 0 saturated heterocycles. The van der Waals surface area contributed by atoms with Crippen LogP contribution in [0.5, 0.6) is 0 Å². The molecule has 0 aliphatic heterocycles. The number of ketones is 1. The molecule has 1 aliphatic rings. The van der Waals surface area contributed by atoms with Crippen LogP contribution in [0.1, 0.15) is 41.5 Å². The molecule has 0 amide bonds. The summed E-state index contributed by atoms with van der Waals surface area (Å²) in [5.74, 6) is 0.424. The first-order chi connectivity index (χ1) is 7.03. The van der Waals surface area contributed by atoms with Gasteiger partial charge in [-0.3, -0.25) is 4.79 Å². The van der Waals surface area contributed by atoms with Gasteiger partial charge in [0.15, 0.2) is 0 Å². The predicted octanol–water partition coefficient (Wildman–Crippen LogP) is 4.05. The molecule has 1 rings (SSSR count). The van der Waals surface area contributed by atoms with Gasteiger partial charge in [0.2, 0.25) is 0 Å². The van der Waals surface area contributed by atoms with Gasteiger partial charge in [0.05, 0.1) is 11.1 Å². The average molecular weight is 219 g/mol. The van der Waals surface area contributed by atoms with Crippen molar-refractivity contribution in [3.63, 3.8) is 0 Å². The van der Waals surface area contributed by atoms with Crippen molar-refractivity contribution in [2.24, 2.45) is 10.8 Å². The second-order valence-corrected chi connectivity index (χ2v) is 6.54. The Labute approximate surface area is 98.9 Å². The monoisotopic (exact) mass is 219 g/mol. The lowest BCUT2D eigenvalue weighted by atomic mass is 9.72. The van der Waals surface area contributed by atoms with Crippen LogP contribution >= 0.6 is 0 Å². The fourth-order valence-electron chi connectivity index (χ4n) is 1.84. The highest BCUT2D eigenvalue weighted by atomic mass is 16.1. The minimum Gasteiger partial charge on any atom is -0.273 e. The second kappa shape index (κ2) is 3.73. The summed E-state index contributed by atoms with van der Waals surface area (Å²) in [5.41, 5.74) is 2.80. The molecule has 16 heavy (non-hydrogen) atoms. The molecule has 1 heteroatoms. The van der Waals surface area contributed by atoms with Crippen molar-refractivity contribution in [1.29, 1.82) is 0 Å². The maximum absolute atomic E-state index is 10.4. The van der Waals surface area contributed by atoms with Gasteiger partial charge in [-0.25, -0.2) is 0 Å². The van der Waals surface area contributed by atoms with E-state index in [1.807, 2.05) is 12.2 Å². The lowest BCUT2D eigenvalue weighted by molar-refractivity contribution is 0.486. The van der Waals surface area contributed by atoms with E-state index in [-0.39, 0.29) is 10.8 Å². The van der Waals surface area contributed by atoms with Crippen LogP contribution < -0.4 is 0 Å². The highest BCUT2D eigenvalue weighted by Gasteiger charge is 2.38. The van der Waals surface area contributed by atoms with Gasteiger partial charge < -0.3 is 0 Å². The van der Waals surface area contributed by atoms with Crippen LogP contribution in [0.15, 0.2) is 35.5 Å². The minimum atomic E-state index is -0.0578. The molecule has 0 spiro atoms. The first-order valence-electron chi connectivity index (χ1n) is 5.73. The quantitative estimate of drug-likeness (QED) is 0.548. The molecular formula is C15H23O+. The number of hydrogen-bond acceptors (Lipinski definition) is 0. The first-order valence-corrected chi connectivity index (χ1v) is 5.73. The first kappa shape index (κ1) is 13.0. The summed E-state index contributed by atoms with van der Waals surface area (Å²) in [5, 5.41) is 0. The molecule has 0 aromatic heterocycles. The van der Waals surface area contributed by atoms with E-state index in [4.69, 9.17) is 0 Å². The predicted molar refractivity (Wildman–Crippen MR) is 71.2 cm³/mol. The van der Waals surface area contributed by atoms with Gasteiger partial charge in [-0.2, -0.15) is 0 Å². The van der Waals surface area contributed by atoms with Gasteiger partial charge in [0.1, 0.15) is 0 Å². The number of hydrogen-bond donors (Lipinski definition) is 0. The SMILES string of the molecule is C=C1C=C(C(C)(C)C)C(=[OH+])C(C(C)(C)C)=C1. The average Bonchev–Trinajstić information content (AvgIpc) is 2.04. The van der Waals surface area contributed by atoms with Crippen LogP contribution in [0, 0.1) is 10.8 Å². The zero-order valence-electron chi connectivity index (χ0n) is 11.3. The van der Waals surface area contributed by atoms with Crippen LogP contribution in [0.3, 0.4) is 0 Å². The topological polar surface area (TPSA) is 21.4 Å². The number of allylic oxidation sites excluding steroid dienone is 5. The third kappa shape index (κ3) is 2.52. The van der Waals surface area contributed by atoms with E-state index in [0.717, 1.165) is 16.7 Å². The molecular weight excluding hydrogens is 196 g/mol. The zero-order chi connectivity index (χ0) is 12.7. The lowest BCUT2D eigenvalue weighted by Gasteiger charge is -2.27. The Morgan fingerprint density at radius 2 is 1.19 bits per heavy atom. The Bertz CT molecular complexity index is 356. The largest absolute Gasteiger partial charge is 0.347 e. The van der Waals surface area contributed by atoms with Crippen molar-refractivity contribution in [2.45, 2.75) is 41.5 Å². The molecule has 1 N–H and O–H groups in total. The molecule has 0 heterocycles. The Hall–Kier alpha value is -1.11. The highest BCUT2D eigenvalue weighted by Crippen LogP contribution is 2.38. The standard InChI is InChI=1S/C15H22O/c1-10-8-11(14(2,3)4)13(16)12(9-10)15(5,6)7/h8-9H,1H2,2-7H3/p+1. The van der Waals surface area contributed by atoms with E-state index >= 15 is 0 Å². The van der Waals surface area contributed by atoms with Gasteiger partial charge in [0, 0.05) is 0 Å². The minimum absolute atomic E-state index is 0.0578. The Kier molecular flexibility index (Phi) is 3.02. The van der Waals surface area contributed by atoms with Crippen LogP contribution in [0.25, 0.3) is 0 Å². The molecule has 0 aromatic rings. The Balaban J connectivity index is 3.24. The van der Waals surface area contributed by atoms with E-state index in [1.165, 1.54) is 0 Å². The summed E-state index contributed by atoms with van der Waals surface area (Å²) in [6, 6.07) is 0. The van der Waals surface area contributed by atoms with E-state index in [0.29, 0.717) is 5.78 Å². The third-order valence-electron chi connectivity index (χ3n) is 2.79. The summed E-state index contributed by atoms with van der Waals surface area (Å²) >= 11 is 0. The molecule has 1 aliphatic carbocycles. The Morgan fingerprint density at radius 3 is 1.44 bits per heavy atom. The third-order valence-corrected chi connectivity index (χ3v) is 2.79. The normalized spacial score (nSPS) is 18.4. The molecule has 88 valence electrons. The van der Waals surface area contributed by atoms with Crippen LogP contribution in [-0.2, 0) is 0 Å². The summed E-state index contributed by atoms with van der Waals surface area (Å²) in [7, 11) is 0. The maximum atomic E-state index is 10.4. The van der Waals surface area contributed by atoms with Crippen molar-refractivity contribution in [1.82, 2.24) is 0 Å². The summed E-state index contributed by atoms with van der Waals surface area (Å²) in [6.07, 6.45) is 3.95. The van der Waals surface area contributed by atoms with Crippen molar-refractivity contribution in [2.75, 3.05) is 0 Å². The van der Waals surface area contributed by atoms with Crippen molar-refractivity contribution >= 4 is 5.78 Å². The molecule has 0 saturated carbocycles. The molecule has 0 fully saturated rings. The van der Waals surface area contributed by atoms with Gasteiger partial charge in [-0.1, -0.05) is 48.1 Å². The van der Waals surface area contributed by atoms with Gasteiger partial charge in [-0.15, -0.1) is 0 Å². The lowest BCUT2D eigenvalue weighted by Crippen LogP contribution is -2.28. The molecule has 0 aromatic carbocycles. The molecule has 0 bridgehead atoms. The molecule has 0 atom stereocenters. The van der Waals surface area contributed by atoms with Gasteiger partial charge >= 0.3 is 5.78 Å². The fraction of sp³-hybridized carbons (Fsp3) is 0.533. The van der Waals surface area contributed by atoms with E-state index in [1.54, 1.807) is 0 Å². The fourth-order valence-corrected chi connectivity index (χ4v) is 1.84. The van der Waals surface area contributed by atoms with Crippen LogP contribution in [0.4, 0.5) is 0 Å². The molecule has 0 radical (unpaired) electrons. The van der Waals surface area contributed by atoms with Gasteiger partial charge in [0.25, 0.3) is 0 Å². The van der Waals surface area contributed by atoms with Crippen molar-refractivity contribution < 1.29 is 4.79 Å². The summed E-state index contributed by atoms with van der Waals surface area (Å²) in [4.78, 5) is 10.4. The van der Waals surface area contributed by atoms with E-state index < -0.39 is 0 Å². The second-order valence-electron chi connectivity index (χ2n) is 6.54. The summed E-state index contributed by atoms with van der Waals surface area (Å²) in [6.45, 7) is 16.6. The van der Waals surface area contributed by atoms with Crippen LogP contribution in [0.2, 0.25) is 0 Å². The van der Waals surface area contributed by atoms with E-state index in [9.17, 15) is 4.79 Å². The summed E-state index contributed by atoms with van der Waals surface area (Å²) < 4.78 is 0. The number of rotatable bonds is 0. The highest BCUT2D eigenvalue weighted by molar-refractivity contribution is 6.12. The van der Waals surface area contributed by atoms with Gasteiger partial charge in [-0.05, 0) is 28.6 Å². The smallest absolute Gasteiger partial charge is 0.273 e. The number of carbonyl (C=O) groups excluding carboxylic acids is 1. The van der Waals surface area contributed by atoms with Crippen LogP contribution in [-0.4, -0.2) is 10.6 Å². The molecule has 0 unspecified atom stereocenters. The van der Waals surface area contributed by atoms with E-state index in [2.05, 4.69) is 48.1 Å². The van der Waals surface area contributed by atoms with Crippen molar-refractivity contribution in [3.8, 4) is 0 Å². The van der Waals surface area contributed by atoms with Crippen molar-refractivity contribution in [3.05, 3.63) is 35.5 Å². The maximum Gasteiger partial charge on any atom is 0.347 e.